The van der Waals surface area contributed by atoms with Crippen LogP contribution in [0.4, 0.5) is 0 Å². The molecule has 27 heavy (non-hydrogen) atoms. The van der Waals surface area contributed by atoms with Gasteiger partial charge in [-0.1, -0.05) is 54.1 Å². The summed E-state index contributed by atoms with van der Waals surface area (Å²) in [7, 11) is 2.21. The molecule has 147 valence electrons. The molecule has 0 unspecified atom stereocenters. The van der Waals surface area contributed by atoms with Gasteiger partial charge >= 0.3 is 0 Å². The molecule has 1 aliphatic heterocycles. The molecule has 0 atom stereocenters. The number of rotatable bonds is 8. The zero-order valence-corrected chi connectivity index (χ0v) is 19.0. The van der Waals surface area contributed by atoms with E-state index in [0.29, 0.717) is 0 Å². The number of likely N-dealkylation sites (N-methyl/N-ethyl adjacent to an activating group) is 1. The van der Waals surface area contributed by atoms with Crippen molar-refractivity contribution in [3.8, 4) is 0 Å². The summed E-state index contributed by atoms with van der Waals surface area (Å²) in [5.74, 6) is 2.53. The summed E-state index contributed by atoms with van der Waals surface area (Å²) in [6.07, 6.45) is 5.98. The lowest BCUT2D eigenvalue weighted by Gasteiger charge is -2.37. The van der Waals surface area contributed by atoms with Crippen LogP contribution in [0.2, 0.25) is 5.02 Å². The van der Waals surface area contributed by atoms with E-state index in [4.69, 9.17) is 11.6 Å². The Labute approximate surface area is 184 Å². The summed E-state index contributed by atoms with van der Waals surface area (Å²) in [4.78, 5) is 2.41. The molecule has 2 aromatic carbocycles. The highest BCUT2D eigenvalue weighted by Crippen LogP contribution is 2.53. The fraction of sp³-hybridized carbons (Fsp3) is 0.409. The molecule has 1 aliphatic rings. The lowest BCUT2D eigenvalue weighted by atomic mass is 10.1. The molecule has 1 radical (unpaired) electrons. The second-order valence-electron chi connectivity index (χ2n) is 6.80. The zero-order chi connectivity index (χ0) is 18.2. The van der Waals surface area contributed by atoms with Crippen molar-refractivity contribution in [1.82, 2.24) is 4.90 Å². The Hall–Kier alpha value is -0.320. The number of benzene rings is 2. The molecule has 0 aliphatic carbocycles. The standard InChI is InChI=1S/C22H27ClNS2.ClH/c1-24(16-13-19-9-11-21(23)12-10-19)15-5-14-22(25-17-6-18-26-22)20-7-3-2-4-8-20;/h2-5,7-12H,6,13-18H2,1H3;1H. The van der Waals surface area contributed by atoms with Gasteiger partial charge in [0.1, 0.15) is 0 Å². The van der Waals surface area contributed by atoms with E-state index in [0.717, 1.165) is 31.0 Å². The SMILES string of the molecule is CN(C[CH]CC1(c2ccccc2)SCCCS1)CCc1ccc(Cl)cc1.Cl. The van der Waals surface area contributed by atoms with Crippen molar-refractivity contribution < 1.29 is 0 Å². The van der Waals surface area contributed by atoms with Crippen LogP contribution in [0.3, 0.4) is 0 Å². The number of halogens is 2. The maximum atomic E-state index is 5.96. The van der Waals surface area contributed by atoms with Crippen LogP contribution in [-0.2, 0) is 10.5 Å². The van der Waals surface area contributed by atoms with E-state index < -0.39 is 0 Å². The van der Waals surface area contributed by atoms with Crippen molar-refractivity contribution in [3.05, 3.63) is 77.2 Å². The van der Waals surface area contributed by atoms with Gasteiger partial charge in [-0.25, -0.2) is 0 Å². The van der Waals surface area contributed by atoms with Gasteiger partial charge in [-0.15, -0.1) is 35.9 Å². The van der Waals surface area contributed by atoms with Crippen LogP contribution < -0.4 is 0 Å². The number of nitrogens with zero attached hydrogens (tertiary/aromatic N) is 1. The van der Waals surface area contributed by atoms with Gasteiger partial charge < -0.3 is 4.90 Å². The van der Waals surface area contributed by atoms with E-state index in [1.807, 2.05) is 12.1 Å². The van der Waals surface area contributed by atoms with Crippen LogP contribution in [0.15, 0.2) is 54.6 Å². The second-order valence-corrected chi connectivity index (χ2v) is 10.3. The molecule has 0 saturated carbocycles. The highest BCUT2D eigenvalue weighted by Gasteiger charge is 2.35. The first-order valence-corrected chi connectivity index (χ1v) is 11.6. The molecule has 0 N–H and O–H groups in total. The van der Waals surface area contributed by atoms with Crippen LogP contribution in [0, 0.1) is 6.42 Å². The number of hydrogen-bond donors (Lipinski definition) is 0. The highest BCUT2D eigenvalue weighted by atomic mass is 35.5. The van der Waals surface area contributed by atoms with Gasteiger partial charge in [0.15, 0.2) is 0 Å². The van der Waals surface area contributed by atoms with Crippen molar-refractivity contribution >= 4 is 47.5 Å². The van der Waals surface area contributed by atoms with Crippen molar-refractivity contribution in [2.75, 3.05) is 31.6 Å². The predicted molar refractivity (Wildman–Crippen MR) is 126 cm³/mol. The summed E-state index contributed by atoms with van der Waals surface area (Å²) in [5, 5.41) is 0.809. The summed E-state index contributed by atoms with van der Waals surface area (Å²) >= 11 is 10.2. The Bertz CT molecular complexity index is 658. The third-order valence-electron chi connectivity index (χ3n) is 4.72. The van der Waals surface area contributed by atoms with Gasteiger partial charge in [0.05, 0.1) is 4.08 Å². The first-order chi connectivity index (χ1) is 12.7. The molecule has 1 heterocycles. The van der Waals surface area contributed by atoms with Gasteiger partial charge in [-0.05, 0) is 67.5 Å². The van der Waals surface area contributed by atoms with E-state index in [-0.39, 0.29) is 16.5 Å². The van der Waals surface area contributed by atoms with E-state index in [9.17, 15) is 0 Å². The van der Waals surface area contributed by atoms with Gasteiger partial charge in [-0.2, -0.15) is 0 Å². The minimum absolute atomic E-state index is 0. The average molecular weight is 442 g/mol. The predicted octanol–water partition coefficient (Wildman–Crippen LogP) is 6.55. The topological polar surface area (TPSA) is 3.24 Å². The fourth-order valence-electron chi connectivity index (χ4n) is 3.21. The Kier molecular flexibility index (Phi) is 9.89. The normalized spacial score (nSPS) is 16.1. The maximum Gasteiger partial charge on any atom is 0.0863 e. The summed E-state index contributed by atoms with van der Waals surface area (Å²) in [5.41, 5.74) is 2.81. The minimum Gasteiger partial charge on any atom is -0.306 e. The van der Waals surface area contributed by atoms with E-state index in [2.05, 4.69) is 84.4 Å². The van der Waals surface area contributed by atoms with Crippen molar-refractivity contribution in [1.29, 1.82) is 0 Å². The molecule has 5 heteroatoms. The molecule has 0 bridgehead atoms. The Morgan fingerprint density at radius 1 is 1.04 bits per heavy atom. The molecule has 1 nitrogen and oxygen atoms in total. The quantitative estimate of drug-likeness (QED) is 0.457. The largest absolute Gasteiger partial charge is 0.306 e. The molecule has 2 aromatic rings. The van der Waals surface area contributed by atoms with Crippen molar-refractivity contribution in [3.63, 3.8) is 0 Å². The third-order valence-corrected chi connectivity index (χ3v) is 8.40. The average Bonchev–Trinajstić information content (AvgIpc) is 2.69. The summed E-state index contributed by atoms with van der Waals surface area (Å²) < 4.78 is 0.205. The molecule has 0 spiro atoms. The minimum atomic E-state index is 0. The van der Waals surface area contributed by atoms with Crippen LogP contribution in [0.1, 0.15) is 24.0 Å². The highest BCUT2D eigenvalue weighted by molar-refractivity contribution is 8.18. The monoisotopic (exact) mass is 440 g/mol. The third kappa shape index (κ3) is 6.90. The van der Waals surface area contributed by atoms with Gasteiger partial charge in [-0.3, -0.25) is 0 Å². The Balaban J connectivity index is 0.00000261. The van der Waals surface area contributed by atoms with Crippen LogP contribution in [0.5, 0.6) is 0 Å². The number of thioether (sulfide) groups is 2. The first-order valence-electron chi connectivity index (χ1n) is 9.26. The molecule has 1 saturated heterocycles. The molecular formula is C22H28Cl2NS2. The van der Waals surface area contributed by atoms with E-state index in [1.54, 1.807) is 0 Å². The maximum absolute atomic E-state index is 5.96. The van der Waals surface area contributed by atoms with Gasteiger partial charge in [0.2, 0.25) is 0 Å². The van der Waals surface area contributed by atoms with Crippen molar-refractivity contribution in [2.24, 2.45) is 0 Å². The van der Waals surface area contributed by atoms with Crippen LogP contribution >= 0.6 is 47.5 Å². The molecule has 0 aromatic heterocycles. The summed E-state index contributed by atoms with van der Waals surface area (Å²) in [6, 6.07) is 19.3. The Morgan fingerprint density at radius 2 is 1.70 bits per heavy atom. The lowest BCUT2D eigenvalue weighted by Crippen LogP contribution is -2.27. The zero-order valence-electron chi connectivity index (χ0n) is 15.8. The van der Waals surface area contributed by atoms with Crippen LogP contribution in [0.25, 0.3) is 0 Å². The molecular weight excluding hydrogens is 413 g/mol. The summed E-state index contributed by atoms with van der Waals surface area (Å²) in [6.45, 7) is 2.10. The first kappa shape index (κ1) is 23.0. The van der Waals surface area contributed by atoms with Crippen molar-refractivity contribution in [2.45, 2.75) is 23.3 Å². The fourth-order valence-corrected chi connectivity index (χ4v) is 6.66. The number of hydrogen-bond acceptors (Lipinski definition) is 3. The molecule has 1 fully saturated rings. The Morgan fingerprint density at radius 3 is 2.37 bits per heavy atom. The van der Waals surface area contributed by atoms with E-state index in [1.165, 1.54) is 29.1 Å². The van der Waals surface area contributed by atoms with Gasteiger partial charge in [0, 0.05) is 18.1 Å². The lowest BCUT2D eigenvalue weighted by molar-refractivity contribution is 0.359. The molecule has 0 amide bonds. The van der Waals surface area contributed by atoms with E-state index >= 15 is 0 Å². The second kappa shape index (κ2) is 11.6. The molecule has 3 rings (SSSR count). The van der Waals surface area contributed by atoms with Gasteiger partial charge in [0.25, 0.3) is 0 Å². The van der Waals surface area contributed by atoms with Crippen LogP contribution in [-0.4, -0.2) is 36.5 Å². The smallest absolute Gasteiger partial charge is 0.0863 e.